The fourth-order valence-electron chi connectivity index (χ4n) is 2.99. The highest BCUT2D eigenvalue weighted by molar-refractivity contribution is 6.32. The van der Waals surface area contributed by atoms with Crippen molar-refractivity contribution in [2.45, 2.75) is 32.7 Å². The molecule has 2 aromatic rings. The molecule has 0 radical (unpaired) electrons. The molecular formula is C21H18ClN5. The molecule has 1 heterocycles. The Hall–Kier alpha value is -3.15. The van der Waals surface area contributed by atoms with Gasteiger partial charge in [-0.3, -0.25) is 0 Å². The third-order valence-electron chi connectivity index (χ3n) is 4.64. The number of nitrogens with one attached hydrogen (secondary N) is 1. The second-order valence-corrected chi connectivity index (χ2v) is 6.70. The van der Waals surface area contributed by atoms with Crippen LogP contribution in [0.15, 0.2) is 46.6 Å². The predicted molar refractivity (Wildman–Crippen MR) is 108 cm³/mol. The lowest BCUT2D eigenvalue weighted by molar-refractivity contribution is 0.859. The van der Waals surface area contributed by atoms with Gasteiger partial charge in [0.05, 0.1) is 39.7 Å². The first kappa shape index (κ1) is 18.6. The second kappa shape index (κ2) is 8.03. The summed E-state index contributed by atoms with van der Waals surface area (Å²) in [6.07, 6.45) is 1.49. The number of rotatable bonds is 5. The molecule has 0 bridgehead atoms. The van der Waals surface area contributed by atoms with Crippen LogP contribution in [0, 0.1) is 29.6 Å². The Bertz CT molecular complexity index is 1010. The van der Waals surface area contributed by atoms with Gasteiger partial charge in [0.2, 0.25) is 0 Å². The SMILES string of the molecule is CCC(Nc1ccc(C#N)c(Cl)c1C)C1=NN=C(c2ccc(C#N)cc2)C1. The Morgan fingerprint density at radius 3 is 2.48 bits per heavy atom. The third kappa shape index (κ3) is 3.84. The highest BCUT2D eigenvalue weighted by Gasteiger charge is 2.22. The molecule has 0 aliphatic carbocycles. The topological polar surface area (TPSA) is 84.3 Å². The van der Waals surface area contributed by atoms with Gasteiger partial charge in [0, 0.05) is 12.1 Å². The van der Waals surface area contributed by atoms with Gasteiger partial charge in [0.1, 0.15) is 6.07 Å². The summed E-state index contributed by atoms with van der Waals surface area (Å²) in [6, 6.07) is 15.2. The summed E-state index contributed by atoms with van der Waals surface area (Å²) in [6.45, 7) is 3.98. The fraction of sp³-hybridized carbons (Fsp3) is 0.238. The van der Waals surface area contributed by atoms with Crippen molar-refractivity contribution in [3.05, 3.63) is 63.7 Å². The van der Waals surface area contributed by atoms with Crippen molar-refractivity contribution < 1.29 is 0 Å². The molecule has 27 heavy (non-hydrogen) atoms. The van der Waals surface area contributed by atoms with E-state index in [4.69, 9.17) is 22.1 Å². The molecule has 0 saturated carbocycles. The average Bonchev–Trinajstić information content (AvgIpc) is 3.19. The zero-order valence-corrected chi connectivity index (χ0v) is 15.9. The van der Waals surface area contributed by atoms with Crippen LogP contribution in [0.25, 0.3) is 0 Å². The molecule has 3 rings (SSSR count). The predicted octanol–water partition coefficient (Wildman–Crippen LogP) is 4.83. The first-order chi connectivity index (χ1) is 13.1. The number of hydrogen-bond acceptors (Lipinski definition) is 5. The molecule has 1 atom stereocenters. The van der Waals surface area contributed by atoms with Crippen molar-refractivity contribution in [1.29, 1.82) is 10.5 Å². The zero-order chi connectivity index (χ0) is 19.4. The highest BCUT2D eigenvalue weighted by Crippen LogP contribution is 2.28. The smallest absolute Gasteiger partial charge is 0.101 e. The van der Waals surface area contributed by atoms with Crippen molar-refractivity contribution in [2.24, 2.45) is 10.2 Å². The van der Waals surface area contributed by atoms with E-state index in [0.29, 0.717) is 22.6 Å². The molecule has 1 aliphatic rings. The standard InChI is InChI=1S/C21H18ClN5/c1-3-17(25-18-9-8-16(12-24)21(22)13(18)2)20-10-19(26-27-20)15-6-4-14(11-23)5-7-15/h4-9,17,25H,3,10H2,1-2H3. The van der Waals surface area contributed by atoms with Gasteiger partial charge in [-0.2, -0.15) is 20.7 Å². The van der Waals surface area contributed by atoms with E-state index < -0.39 is 0 Å². The van der Waals surface area contributed by atoms with Crippen LogP contribution >= 0.6 is 11.6 Å². The summed E-state index contributed by atoms with van der Waals surface area (Å²) >= 11 is 6.27. The van der Waals surface area contributed by atoms with E-state index in [1.54, 1.807) is 18.2 Å². The summed E-state index contributed by atoms with van der Waals surface area (Å²) in [4.78, 5) is 0. The number of nitriles is 2. The van der Waals surface area contributed by atoms with Crippen LogP contribution in [0.2, 0.25) is 5.02 Å². The summed E-state index contributed by atoms with van der Waals surface area (Å²) < 4.78 is 0. The number of halogens is 1. The van der Waals surface area contributed by atoms with Crippen molar-refractivity contribution in [2.75, 3.05) is 5.32 Å². The van der Waals surface area contributed by atoms with Crippen LogP contribution < -0.4 is 5.32 Å². The van der Waals surface area contributed by atoms with Crippen LogP contribution in [-0.4, -0.2) is 17.5 Å². The van der Waals surface area contributed by atoms with E-state index in [1.807, 2.05) is 25.1 Å². The normalized spacial score (nSPS) is 14.0. The van der Waals surface area contributed by atoms with Crippen LogP contribution in [0.1, 0.15) is 42.0 Å². The lowest BCUT2D eigenvalue weighted by Gasteiger charge is -2.20. The summed E-state index contributed by atoms with van der Waals surface area (Å²) in [7, 11) is 0. The number of benzene rings is 2. The minimum Gasteiger partial charge on any atom is -0.377 e. The van der Waals surface area contributed by atoms with E-state index in [1.165, 1.54) is 0 Å². The molecule has 6 heteroatoms. The number of nitrogens with zero attached hydrogens (tertiary/aromatic N) is 4. The van der Waals surface area contributed by atoms with Crippen molar-refractivity contribution >= 4 is 28.7 Å². The molecule has 0 spiro atoms. The Morgan fingerprint density at radius 1 is 1.11 bits per heavy atom. The van der Waals surface area contributed by atoms with E-state index >= 15 is 0 Å². The van der Waals surface area contributed by atoms with Crippen LogP contribution in [-0.2, 0) is 0 Å². The molecule has 1 aliphatic heterocycles. The van der Waals surface area contributed by atoms with Crippen LogP contribution in [0.4, 0.5) is 5.69 Å². The summed E-state index contributed by atoms with van der Waals surface area (Å²) in [5.74, 6) is 0. The Morgan fingerprint density at radius 2 is 1.85 bits per heavy atom. The molecule has 5 nitrogen and oxygen atoms in total. The maximum Gasteiger partial charge on any atom is 0.101 e. The molecule has 1 N–H and O–H groups in total. The van der Waals surface area contributed by atoms with Gasteiger partial charge < -0.3 is 5.32 Å². The van der Waals surface area contributed by atoms with E-state index in [9.17, 15) is 0 Å². The molecule has 0 aromatic heterocycles. The third-order valence-corrected chi connectivity index (χ3v) is 5.13. The van der Waals surface area contributed by atoms with Crippen molar-refractivity contribution in [1.82, 2.24) is 0 Å². The average molecular weight is 376 g/mol. The molecule has 0 saturated heterocycles. The second-order valence-electron chi connectivity index (χ2n) is 6.32. The van der Waals surface area contributed by atoms with Gasteiger partial charge >= 0.3 is 0 Å². The van der Waals surface area contributed by atoms with Gasteiger partial charge in [-0.05, 0) is 48.7 Å². The van der Waals surface area contributed by atoms with Crippen molar-refractivity contribution in [3.63, 3.8) is 0 Å². The van der Waals surface area contributed by atoms with Gasteiger partial charge in [0.15, 0.2) is 0 Å². The summed E-state index contributed by atoms with van der Waals surface area (Å²) in [5.41, 5.74) is 5.65. The van der Waals surface area contributed by atoms with E-state index in [-0.39, 0.29) is 6.04 Å². The van der Waals surface area contributed by atoms with E-state index in [2.05, 4.69) is 34.6 Å². The Balaban J connectivity index is 1.74. The largest absolute Gasteiger partial charge is 0.377 e. The first-order valence-corrected chi connectivity index (χ1v) is 9.04. The maximum absolute atomic E-state index is 9.10. The van der Waals surface area contributed by atoms with Gasteiger partial charge in [0.25, 0.3) is 0 Å². The van der Waals surface area contributed by atoms with Crippen LogP contribution in [0.5, 0.6) is 0 Å². The number of hydrogen-bond donors (Lipinski definition) is 1. The van der Waals surface area contributed by atoms with E-state index in [0.717, 1.165) is 34.7 Å². The number of anilines is 1. The Kier molecular flexibility index (Phi) is 5.54. The van der Waals surface area contributed by atoms with Gasteiger partial charge in [-0.1, -0.05) is 30.7 Å². The highest BCUT2D eigenvalue weighted by atomic mass is 35.5. The van der Waals surface area contributed by atoms with Gasteiger partial charge in [-0.15, -0.1) is 0 Å². The maximum atomic E-state index is 9.10. The van der Waals surface area contributed by atoms with Gasteiger partial charge in [-0.25, -0.2) is 0 Å². The minimum absolute atomic E-state index is 0.0207. The Labute approximate surface area is 163 Å². The molecule has 1 unspecified atom stereocenters. The lowest BCUT2D eigenvalue weighted by Crippen LogP contribution is -2.29. The fourth-order valence-corrected chi connectivity index (χ4v) is 3.20. The monoisotopic (exact) mass is 375 g/mol. The first-order valence-electron chi connectivity index (χ1n) is 8.67. The molecule has 134 valence electrons. The molecular weight excluding hydrogens is 358 g/mol. The summed E-state index contributed by atoms with van der Waals surface area (Å²) in [5, 5.41) is 30.7. The van der Waals surface area contributed by atoms with Crippen LogP contribution in [0.3, 0.4) is 0 Å². The zero-order valence-electron chi connectivity index (χ0n) is 15.1. The lowest BCUT2D eigenvalue weighted by atomic mass is 9.98. The van der Waals surface area contributed by atoms with Crippen molar-refractivity contribution in [3.8, 4) is 12.1 Å². The molecule has 0 fully saturated rings. The quantitative estimate of drug-likeness (QED) is 0.812. The minimum atomic E-state index is 0.0207. The molecule has 2 aromatic carbocycles. The molecule has 0 amide bonds.